The highest BCUT2D eigenvalue weighted by Crippen LogP contribution is 2.25. The van der Waals surface area contributed by atoms with Crippen LogP contribution >= 0.6 is 11.6 Å². The van der Waals surface area contributed by atoms with Crippen molar-refractivity contribution in [1.82, 2.24) is 0 Å². The minimum Gasteiger partial charge on any atom is -0.481 e. The summed E-state index contributed by atoms with van der Waals surface area (Å²) in [6, 6.07) is 0.488. The number of halogens is 4. The van der Waals surface area contributed by atoms with Crippen LogP contribution in [0.25, 0.3) is 0 Å². The van der Waals surface area contributed by atoms with Gasteiger partial charge in [0.1, 0.15) is 16.7 Å². The molecule has 6 heteroatoms. The van der Waals surface area contributed by atoms with Crippen molar-refractivity contribution in [2.75, 3.05) is 0 Å². The molecule has 88 valence electrons. The van der Waals surface area contributed by atoms with E-state index in [0.717, 1.165) is 0 Å². The summed E-state index contributed by atoms with van der Waals surface area (Å²) < 4.78 is 39.2. The van der Waals surface area contributed by atoms with Crippen molar-refractivity contribution in [2.45, 2.75) is 19.3 Å². The average Bonchev–Trinajstić information content (AvgIpc) is 2.19. The molecule has 0 bridgehead atoms. The molecule has 2 nitrogen and oxygen atoms in total. The molecule has 0 aliphatic heterocycles. The van der Waals surface area contributed by atoms with Crippen LogP contribution in [0.5, 0.6) is 0 Å². The summed E-state index contributed by atoms with van der Waals surface area (Å²) in [5.41, 5.74) is -0.382. The molecule has 0 spiro atoms. The molecule has 0 saturated heterocycles. The first-order valence-corrected chi connectivity index (χ1v) is 4.85. The molecule has 1 rings (SSSR count). The summed E-state index contributed by atoms with van der Waals surface area (Å²) in [6.07, 6.45) is -0.289. The van der Waals surface area contributed by atoms with Gasteiger partial charge in [0, 0.05) is 18.1 Å². The van der Waals surface area contributed by atoms with E-state index in [1.165, 1.54) is 0 Å². The van der Waals surface area contributed by atoms with E-state index in [2.05, 4.69) is 0 Å². The molecule has 1 aromatic rings. The monoisotopic (exact) mass is 252 g/mol. The second kappa shape index (κ2) is 5.21. The molecule has 1 aromatic carbocycles. The number of carboxylic acid groups (broad SMARTS) is 1. The molecule has 0 unspecified atom stereocenters. The van der Waals surface area contributed by atoms with Crippen LogP contribution < -0.4 is 0 Å². The van der Waals surface area contributed by atoms with Gasteiger partial charge in [-0.25, -0.2) is 13.2 Å². The summed E-state index contributed by atoms with van der Waals surface area (Å²) >= 11 is 5.26. The maximum absolute atomic E-state index is 13.3. The zero-order chi connectivity index (χ0) is 12.3. The molecule has 0 aliphatic carbocycles. The van der Waals surface area contributed by atoms with Gasteiger partial charge in [-0.3, -0.25) is 4.79 Å². The fourth-order valence-corrected chi connectivity index (χ4v) is 1.42. The first-order chi connectivity index (χ1) is 7.43. The first-order valence-electron chi connectivity index (χ1n) is 4.47. The number of hydrogen-bond acceptors (Lipinski definition) is 1. The molecule has 1 N–H and O–H groups in total. The van der Waals surface area contributed by atoms with Crippen molar-refractivity contribution in [1.29, 1.82) is 0 Å². The van der Waals surface area contributed by atoms with Gasteiger partial charge in [-0.2, -0.15) is 0 Å². The van der Waals surface area contributed by atoms with Crippen LogP contribution in [-0.2, 0) is 11.2 Å². The second-order valence-corrected chi connectivity index (χ2v) is 3.57. The summed E-state index contributed by atoms with van der Waals surface area (Å²) in [5.74, 6) is -4.44. The van der Waals surface area contributed by atoms with Crippen LogP contribution in [0.2, 0.25) is 5.02 Å². The molecule has 0 aliphatic rings. The Morgan fingerprint density at radius 1 is 1.31 bits per heavy atom. The van der Waals surface area contributed by atoms with Gasteiger partial charge in [0.15, 0.2) is 5.82 Å². The maximum Gasteiger partial charge on any atom is 0.303 e. The van der Waals surface area contributed by atoms with Crippen molar-refractivity contribution in [2.24, 2.45) is 0 Å². The minimum absolute atomic E-state index is 0.0606. The maximum atomic E-state index is 13.3. The van der Waals surface area contributed by atoms with Gasteiger partial charge in [-0.15, -0.1) is 0 Å². The number of aliphatic carboxylic acids is 1. The Balaban J connectivity index is 2.87. The Morgan fingerprint density at radius 2 is 1.94 bits per heavy atom. The predicted octanol–water partition coefficient (Wildman–Crippen LogP) is 3.16. The summed E-state index contributed by atoms with van der Waals surface area (Å²) in [7, 11) is 0. The highest BCUT2D eigenvalue weighted by molar-refractivity contribution is 6.30. The Bertz CT molecular complexity index is 421. The lowest BCUT2D eigenvalue weighted by Crippen LogP contribution is -2.02. The van der Waals surface area contributed by atoms with E-state index >= 15 is 0 Å². The molecular formula is C10H8ClF3O2. The normalized spacial score (nSPS) is 10.5. The van der Waals surface area contributed by atoms with Crippen LogP contribution in [0.3, 0.4) is 0 Å². The van der Waals surface area contributed by atoms with E-state index in [4.69, 9.17) is 16.7 Å². The molecule has 0 saturated carbocycles. The van der Waals surface area contributed by atoms with Crippen LogP contribution in [0.1, 0.15) is 18.4 Å². The Hall–Kier alpha value is -1.23. The van der Waals surface area contributed by atoms with E-state index in [9.17, 15) is 18.0 Å². The molecular weight excluding hydrogens is 245 g/mol. The van der Waals surface area contributed by atoms with Crippen molar-refractivity contribution in [3.8, 4) is 0 Å². The number of rotatable bonds is 4. The highest BCUT2D eigenvalue weighted by atomic mass is 35.5. The number of carboxylic acids is 1. The van der Waals surface area contributed by atoms with Crippen molar-refractivity contribution in [3.05, 3.63) is 34.1 Å². The number of carbonyl (C=O) groups is 1. The Kier molecular flexibility index (Phi) is 4.18. The van der Waals surface area contributed by atoms with Gasteiger partial charge < -0.3 is 5.11 Å². The fourth-order valence-electron chi connectivity index (χ4n) is 1.25. The lowest BCUT2D eigenvalue weighted by molar-refractivity contribution is -0.137. The second-order valence-electron chi connectivity index (χ2n) is 3.19. The van der Waals surface area contributed by atoms with E-state index in [1.807, 2.05) is 0 Å². The van der Waals surface area contributed by atoms with Crippen LogP contribution in [-0.4, -0.2) is 11.1 Å². The number of benzene rings is 1. The fraction of sp³-hybridized carbons (Fsp3) is 0.300. The van der Waals surface area contributed by atoms with E-state index in [-0.39, 0.29) is 24.8 Å². The van der Waals surface area contributed by atoms with Crippen molar-refractivity contribution in [3.63, 3.8) is 0 Å². The Labute approximate surface area is 94.6 Å². The van der Waals surface area contributed by atoms with Gasteiger partial charge in [-0.05, 0) is 12.8 Å². The number of hydrogen-bond donors (Lipinski definition) is 1. The topological polar surface area (TPSA) is 37.3 Å². The first kappa shape index (κ1) is 12.8. The van der Waals surface area contributed by atoms with Gasteiger partial charge in [0.05, 0.1) is 0 Å². The molecule has 0 aromatic heterocycles. The zero-order valence-corrected chi connectivity index (χ0v) is 8.82. The molecule has 0 amide bonds. The molecule has 16 heavy (non-hydrogen) atoms. The van der Waals surface area contributed by atoms with Gasteiger partial charge in [-0.1, -0.05) is 11.6 Å². The molecule has 0 atom stereocenters. The van der Waals surface area contributed by atoms with E-state index < -0.39 is 28.4 Å². The molecule has 0 radical (unpaired) electrons. The Morgan fingerprint density at radius 3 is 2.50 bits per heavy atom. The molecule has 0 heterocycles. The summed E-state index contributed by atoms with van der Waals surface area (Å²) in [4.78, 5) is 10.2. The van der Waals surface area contributed by atoms with Crippen molar-refractivity contribution >= 4 is 17.6 Å². The standard InChI is InChI=1S/C10H8ClF3O2/c11-9-7(13)4-6(12)5(10(9)14)2-1-3-8(15)16/h4H,1-3H2,(H,15,16). The van der Waals surface area contributed by atoms with Crippen LogP contribution in [0.15, 0.2) is 6.07 Å². The summed E-state index contributed by atoms with van der Waals surface area (Å²) in [6.45, 7) is 0. The van der Waals surface area contributed by atoms with Gasteiger partial charge >= 0.3 is 5.97 Å². The van der Waals surface area contributed by atoms with E-state index in [0.29, 0.717) is 6.07 Å². The lowest BCUT2D eigenvalue weighted by Gasteiger charge is -2.06. The minimum atomic E-state index is -1.17. The summed E-state index contributed by atoms with van der Waals surface area (Å²) in [5, 5.41) is 7.58. The SMILES string of the molecule is O=C(O)CCCc1c(F)cc(F)c(Cl)c1F. The van der Waals surface area contributed by atoms with Crippen LogP contribution in [0, 0.1) is 17.5 Å². The van der Waals surface area contributed by atoms with E-state index in [1.54, 1.807) is 0 Å². The largest absolute Gasteiger partial charge is 0.481 e. The third kappa shape index (κ3) is 2.88. The van der Waals surface area contributed by atoms with Gasteiger partial charge in [0.2, 0.25) is 0 Å². The lowest BCUT2D eigenvalue weighted by atomic mass is 10.1. The average molecular weight is 253 g/mol. The third-order valence-electron chi connectivity index (χ3n) is 2.03. The zero-order valence-electron chi connectivity index (χ0n) is 8.07. The van der Waals surface area contributed by atoms with Crippen LogP contribution in [0.4, 0.5) is 13.2 Å². The predicted molar refractivity (Wildman–Crippen MR) is 51.9 cm³/mol. The smallest absolute Gasteiger partial charge is 0.303 e. The van der Waals surface area contributed by atoms with Gasteiger partial charge in [0.25, 0.3) is 0 Å². The quantitative estimate of drug-likeness (QED) is 0.660. The third-order valence-corrected chi connectivity index (χ3v) is 2.37. The highest BCUT2D eigenvalue weighted by Gasteiger charge is 2.17. The van der Waals surface area contributed by atoms with Crippen molar-refractivity contribution < 1.29 is 23.1 Å². The molecule has 0 fully saturated rings.